The molecule has 0 aliphatic carbocycles. The van der Waals surface area contributed by atoms with Gasteiger partial charge in [0.25, 0.3) is 0 Å². The fourth-order valence-electron chi connectivity index (χ4n) is 0.450. The average Bonchev–Trinajstić information content (AvgIpc) is 2.64. The van der Waals surface area contributed by atoms with E-state index in [1.165, 1.54) is 5.75 Å². The van der Waals surface area contributed by atoms with Crippen LogP contribution >= 0.6 is 21.6 Å². The molecule has 0 bridgehead atoms. The molecule has 1 aliphatic rings. The molecule has 1 aliphatic heterocycles. The highest BCUT2D eigenvalue weighted by Crippen LogP contribution is 2.27. The molecule has 0 amide bonds. The molecule has 0 N–H and O–H groups in total. The van der Waals surface area contributed by atoms with Gasteiger partial charge in [0.1, 0.15) is 0 Å². The number of hydrogen-bond acceptors (Lipinski definition) is 4. The summed E-state index contributed by atoms with van der Waals surface area (Å²) in [6.45, 7) is 0. The van der Waals surface area contributed by atoms with Crippen molar-refractivity contribution in [2.24, 2.45) is 0 Å². The summed E-state index contributed by atoms with van der Waals surface area (Å²) < 4.78 is 0. The van der Waals surface area contributed by atoms with Gasteiger partial charge in [0.15, 0.2) is 0 Å². The Morgan fingerprint density at radius 3 is 1.82 bits per heavy atom. The lowest BCUT2D eigenvalue weighted by Gasteiger charge is -1.70. The summed E-state index contributed by atoms with van der Waals surface area (Å²) in [5, 5.41) is 2.12. The van der Waals surface area contributed by atoms with Crippen LogP contribution in [0.5, 0.6) is 0 Å². The minimum atomic E-state index is 1.20. The lowest BCUT2D eigenvalue weighted by atomic mass is 10.8. The van der Waals surface area contributed by atoms with Crippen LogP contribution in [-0.2, 0) is 0 Å². The second-order valence-corrected chi connectivity index (χ2v) is 3.97. The molecule has 4 heteroatoms. The molecule has 1 aromatic rings. The Bertz CT molecular complexity index is 168. The molecule has 2 nitrogen and oxygen atoms in total. The van der Waals surface area contributed by atoms with Crippen molar-refractivity contribution >= 4 is 21.6 Å². The minimum absolute atomic E-state index is 1.20. The zero-order valence-electron chi connectivity index (χ0n) is 5.88. The third-order valence-electron chi connectivity index (χ3n) is 0.862. The van der Waals surface area contributed by atoms with Crippen LogP contribution in [0.2, 0.25) is 0 Å². The van der Waals surface area contributed by atoms with Gasteiger partial charge in [-0.2, -0.15) is 0 Å². The van der Waals surface area contributed by atoms with Gasteiger partial charge in [-0.25, -0.2) is 0 Å². The minimum Gasteiger partial charge on any atom is -0.262 e. The van der Waals surface area contributed by atoms with Gasteiger partial charge in [0.05, 0.1) is 0 Å². The van der Waals surface area contributed by atoms with Gasteiger partial charge < -0.3 is 0 Å². The Hall–Kier alpha value is -0.480. The molecule has 11 heavy (non-hydrogen) atoms. The van der Waals surface area contributed by atoms with Crippen LogP contribution < -0.4 is 0 Å². The van der Waals surface area contributed by atoms with Crippen molar-refractivity contribution < 1.29 is 0 Å². The average molecular weight is 184 g/mol. The van der Waals surface area contributed by atoms with E-state index >= 15 is 0 Å². The van der Waals surface area contributed by atoms with Crippen LogP contribution in [0.15, 0.2) is 36.3 Å². The van der Waals surface area contributed by atoms with Crippen molar-refractivity contribution in [3.8, 4) is 0 Å². The first-order valence-corrected chi connectivity index (χ1v) is 5.51. The molecule has 2 rings (SSSR count). The fourth-order valence-corrected chi connectivity index (χ4v) is 2.02. The molecule has 0 unspecified atom stereocenters. The second-order valence-electron chi connectivity index (χ2n) is 1.65. The van der Waals surface area contributed by atoms with Crippen LogP contribution in [0, 0.1) is 0 Å². The highest BCUT2D eigenvalue weighted by atomic mass is 33.1. The van der Waals surface area contributed by atoms with Crippen molar-refractivity contribution in [1.29, 1.82) is 0 Å². The van der Waals surface area contributed by atoms with Crippen molar-refractivity contribution in [3.63, 3.8) is 0 Å². The maximum atomic E-state index is 3.72. The summed E-state index contributed by atoms with van der Waals surface area (Å²) in [4.78, 5) is 7.44. The second kappa shape index (κ2) is 6.24. The predicted octanol–water partition coefficient (Wildman–Crippen LogP) is 2.37. The highest BCUT2D eigenvalue weighted by molar-refractivity contribution is 8.78. The fraction of sp³-hybridized carbons (Fsp3) is 0.143. The standard InChI is InChI=1S/C4H4N2.C3H4S2/c1-2-6-4-3-5-1;1-2-4-5-3-1/h1-4H;1-2H,3H2. The zero-order chi connectivity index (χ0) is 7.78. The first-order valence-electron chi connectivity index (χ1n) is 3.13. The molecule has 1 aromatic heterocycles. The molecule has 0 radical (unpaired) electrons. The predicted molar refractivity (Wildman–Crippen MR) is 51.2 cm³/mol. The monoisotopic (exact) mass is 184 g/mol. The van der Waals surface area contributed by atoms with Gasteiger partial charge >= 0.3 is 0 Å². The summed E-state index contributed by atoms with van der Waals surface area (Å²) in [6, 6.07) is 0. The molecule has 0 spiro atoms. The van der Waals surface area contributed by atoms with E-state index in [0.29, 0.717) is 0 Å². The van der Waals surface area contributed by atoms with Crippen molar-refractivity contribution in [3.05, 3.63) is 36.3 Å². The SMILES string of the molecule is C1=CSSC1.c1cnccn1. The summed E-state index contributed by atoms with van der Waals surface area (Å²) in [6.07, 6.45) is 8.72. The van der Waals surface area contributed by atoms with Gasteiger partial charge in [0.2, 0.25) is 0 Å². The first-order chi connectivity index (χ1) is 5.50. The lowest BCUT2D eigenvalue weighted by molar-refractivity contribution is 1.20. The van der Waals surface area contributed by atoms with Gasteiger partial charge in [-0.05, 0) is 5.41 Å². The van der Waals surface area contributed by atoms with Crippen LogP contribution in [0.4, 0.5) is 0 Å². The number of rotatable bonds is 0. The molecule has 0 aromatic carbocycles. The van der Waals surface area contributed by atoms with Crippen molar-refractivity contribution in [2.45, 2.75) is 0 Å². The van der Waals surface area contributed by atoms with Crippen LogP contribution in [0.1, 0.15) is 0 Å². The summed E-state index contributed by atoms with van der Waals surface area (Å²) in [5.41, 5.74) is 0. The van der Waals surface area contributed by atoms with E-state index in [2.05, 4.69) is 21.5 Å². The Morgan fingerprint density at radius 1 is 1.00 bits per heavy atom. The van der Waals surface area contributed by atoms with Gasteiger partial charge in [-0.15, -0.1) is 0 Å². The third-order valence-corrected chi connectivity index (χ3v) is 2.78. The first kappa shape index (κ1) is 8.62. The van der Waals surface area contributed by atoms with Crippen molar-refractivity contribution in [1.82, 2.24) is 9.97 Å². The zero-order valence-corrected chi connectivity index (χ0v) is 7.52. The van der Waals surface area contributed by atoms with Gasteiger partial charge in [-0.1, -0.05) is 27.7 Å². The van der Waals surface area contributed by atoms with Crippen LogP contribution in [-0.4, -0.2) is 15.7 Å². The van der Waals surface area contributed by atoms with E-state index in [1.54, 1.807) is 24.8 Å². The smallest absolute Gasteiger partial charge is 0.0451 e. The quantitative estimate of drug-likeness (QED) is 0.578. The van der Waals surface area contributed by atoms with Crippen molar-refractivity contribution in [2.75, 3.05) is 5.75 Å². The summed E-state index contributed by atoms with van der Waals surface area (Å²) in [7, 11) is 3.69. The lowest BCUT2D eigenvalue weighted by Crippen LogP contribution is -1.66. The van der Waals surface area contributed by atoms with Gasteiger partial charge in [-0.3, -0.25) is 9.97 Å². The molecule has 0 atom stereocenters. The van der Waals surface area contributed by atoms with E-state index in [9.17, 15) is 0 Å². The van der Waals surface area contributed by atoms with Crippen LogP contribution in [0.25, 0.3) is 0 Å². The van der Waals surface area contributed by atoms with Crippen LogP contribution in [0.3, 0.4) is 0 Å². The van der Waals surface area contributed by atoms with E-state index in [4.69, 9.17) is 0 Å². The Balaban J connectivity index is 0.000000112. The maximum Gasteiger partial charge on any atom is 0.0451 e. The molecule has 0 saturated heterocycles. The highest BCUT2D eigenvalue weighted by Gasteiger charge is 1.85. The van der Waals surface area contributed by atoms with E-state index in [1.807, 2.05) is 21.6 Å². The number of aromatic nitrogens is 2. The third kappa shape index (κ3) is 4.86. The number of hydrogen-bond donors (Lipinski definition) is 0. The van der Waals surface area contributed by atoms with E-state index in [0.717, 1.165) is 0 Å². The molecule has 0 saturated carbocycles. The molecule has 2 heterocycles. The number of nitrogens with zero attached hydrogens (tertiary/aromatic N) is 2. The molecular weight excluding hydrogens is 176 g/mol. The maximum absolute atomic E-state index is 3.72. The topological polar surface area (TPSA) is 25.8 Å². The summed E-state index contributed by atoms with van der Waals surface area (Å²) >= 11 is 0. The van der Waals surface area contributed by atoms with Gasteiger partial charge in [0, 0.05) is 30.5 Å². The van der Waals surface area contributed by atoms with E-state index < -0.39 is 0 Å². The molecule has 0 fully saturated rings. The Morgan fingerprint density at radius 2 is 1.64 bits per heavy atom. The van der Waals surface area contributed by atoms with E-state index in [-0.39, 0.29) is 0 Å². The molecule has 58 valence electrons. The largest absolute Gasteiger partial charge is 0.262 e. The molecular formula is C7H8N2S2. The normalized spacial score (nSPS) is 13.8. The Labute approximate surface area is 73.9 Å². The summed E-state index contributed by atoms with van der Waals surface area (Å²) in [5.74, 6) is 1.20. The Kier molecular flexibility index (Phi) is 4.89.